The van der Waals surface area contributed by atoms with E-state index < -0.39 is 0 Å². The Morgan fingerprint density at radius 3 is 2.94 bits per heavy atom. The fraction of sp³-hybridized carbons (Fsp3) is 0.500. The van der Waals surface area contributed by atoms with Crippen molar-refractivity contribution in [3.63, 3.8) is 0 Å². The molecule has 0 aromatic heterocycles. The summed E-state index contributed by atoms with van der Waals surface area (Å²) in [6, 6.07) is 6.85. The molecule has 1 atom stereocenters. The maximum Gasteiger partial charge on any atom is 0.136 e. The van der Waals surface area contributed by atoms with Gasteiger partial charge >= 0.3 is 0 Å². The van der Waals surface area contributed by atoms with Crippen LogP contribution in [0.15, 0.2) is 29.2 Å². The molecule has 0 radical (unpaired) electrons. The van der Waals surface area contributed by atoms with Crippen LogP contribution in [0.5, 0.6) is 0 Å². The van der Waals surface area contributed by atoms with E-state index in [4.69, 9.17) is 0 Å². The molecule has 1 fully saturated rings. The molecule has 16 heavy (non-hydrogen) atoms. The van der Waals surface area contributed by atoms with Gasteiger partial charge in [-0.05, 0) is 18.6 Å². The van der Waals surface area contributed by atoms with Gasteiger partial charge in [0.2, 0.25) is 0 Å². The summed E-state index contributed by atoms with van der Waals surface area (Å²) in [6.45, 7) is 2.63. The summed E-state index contributed by atoms with van der Waals surface area (Å²) in [4.78, 5) is 2.93. The van der Waals surface area contributed by atoms with E-state index in [9.17, 15) is 9.50 Å². The predicted molar refractivity (Wildman–Crippen MR) is 64.2 cm³/mol. The zero-order valence-corrected chi connectivity index (χ0v) is 9.92. The second-order valence-electron chi connectivity index (χ2n) is 4.02. The molecule has 4 heteroatoms. The summed E-state index contributed by atoms with van der Waals surface area (Å²) in [5.74, 6) is 0.724. The van der Waals surface area contributed by atoms with Crippen LogP contribution >= 0.6 is 11.8 Å². The molecule has 1 N–H and O–H groups in total. The smallest absolute Gasteiger partial charge is 0.136 e. The van der Waals surface area contributed by atoms with E-state index in [0.29, 0.717) is 4.90 Å². The van der Waals surface area contributed by atoms with Crippen molar-refractivity contribution in [1.29, 1.82) is 0 Å². The molecule has 0 spiro atoms. The third-order valence-electron chi connectivity index (χ3n) is 2.75. The van der Waals surface area contributed by atoms with Gasteiger partial charge in [0.25, 0.3) is 0 Å². The standard InChI is InChI=1S/C12H16FNOS/c13-11-3-1-2-4-12(11)16-8-7-14-6-5-10(15)9-14/h1-4,10,15H,5-9H2. The van der Waals surface area contributed by atoms with Gasteiger partial charge in [-0.3, -0.25) is 4.90 Å². The quantitative estimate of drug-likeness (QED) is 0.815. The molecule has 2 rings (SSSR count). The van der Waals surface area contributed by atoms with Crippen LogP contribution in [0.25, 0.3) is 0 Å². The van der Waals surface area contributed by atoms with E-state index >= 15 is 0 Å². The first kappa shape index (κ1) is 11.9. The number of aliphatic hydroxyl groups is 1. The van der Waals surface area contributed by atoms with Crippen molar-refractivity contribution in [3.05, 3.63) is 30.1 Å². The first-order chi connectivity index (χ1) is 7.75. The number of aliphatic hydroxyl groups excluding tert-OH is 1. The lowest BCUT2D eigenvalue weighted by Crippen LogP contribution is -2.24. The number of hydrogen-bond acceptors (Lipinski definition) is 3. The van der Waals surface area contributed by atoms with Gasteiger partial charge in [-0.15, -0.1) is 11.8 Å². The maximum atomic E-state index is 13.3. The second kappa shape index (κ2) is 5.66. The monoisotopic (exact) mass is 241 g/mol. The van der Waals surface area contributed by atoms with Crippen LogP contribution in [0.2, 0.25) is 0 Å². The topological polar surface area (TPSA) is 23.5 Å². The average molecular weight is 241 g/mol. The molecule has 0 bridgehead atoms. The Morgan fingerprint density at radius 2 is 2.25 bits per heavy atom. The Balaban J connectivity index is 1.74. The van der Waals surface area contributed by atoms with Crippen LogP contribution in [0.1, 0.15) is 6.42 Å². The fourth-order valence-corrected chi connectivity index (χ4v) is 2.81. The van der Waals surface area contributed by atoms with Crippen molar-refractivity contribution in [2.75, 3.05) is 25.4 Å². The SMILES string of the molecule is OC1CCN(CCSc2ccccc2F)C1. The van der Waals surface area contributed by atoms with Crippen LogP contribution in [-0.2, 0) is 0 Å². The molecule has 0 saturated carbocycles. The highest BCUT2D eigenvalue weighted by Crippen LogP contribution is 2.21. The minimum Gasteiger partial charge on any atom is -0.392 e. The van der Waals surface area contributed by atoms with Crippen LogP contribution in [0.3, 0.4) is 0 Å². The van der Waals surface area contributed by atoms with Gasteiger partial charge in [0.15, 0.2) is 0 Å². The van der Waals surface area contributed by atoms with Gasteiger partial charge < -0.3 is 5.11 Å². The lowest BCUT2D eigenvalue weighted by Gasteiger charge is -2.14. The van der Waals surface area contributed by atoms with Gasteiger partial charge in [0.05, 0.1) is 6.10 Å². The van der Waals surface area contributed by atoms with Crippen molar-refractivity contribution >= 4 is 11.8 Å². The van der Waals surface area contributed by atoms with Gasteiger partial charge in [-0.25, -0.2) is 4.39 Å². The molecule has 2 nitrogen and oxygen atoms in total. The molecule has 1 unspecified atom stereocenters. The third kappa shape index (κ3) is 3.20. The van der Waals surface area contributed by atoms with Gasteiger partial charge in [0, 0.05) is 30.3 Å². The molecular weight excluding hydrogens is 225 g/mol. The highest BCUT2D eigenvalue weighted by atomic mass is 32.2. The second-order valence-corrected chi connectivity index (χ2v) is 5.16. The Labute approximate surface area is 99.5 Å². The van der Waals surface area contributed by atoms with Gasteiger partial charge in [0.1, 0.15) is 5.82 Å². The summed E-state index contributed by atoms with van der Waals surface area (Å²) in [5, 5.41) is 9.35. The summed E-state index contributed by atoms with van der Waals surface area (Å²) in [7, 11) is 0. The molecule has 1 saturated heterocycles. The highest BCUT2D eigenvalue weighted by molar-refractivity contribution is 7.99. The highest BCUT2D eigenvalue weighted by Gasteiger charge is 2.19. The minimum atomic E-state index is -0.168. The normalized spacial score (nSPS) is 21.5. The average Bonchev–Trinajstić information content (AvgIpc) is 2.67. The minimum absolute atomic E-state index is 0.144. The lowest BCUT2D eigenvalue weighted by atomic mass is 10.3. The summed E-state index contributed by atoms with van der Waals surface area (Å²) < 4.78 is 13.3. The van der Waals surface area contributed by atoms with Crippen molar-refractivity contribution in [3.8, 4) is 0 Å². The van der Waals surface area contributed by atoms with Crippen LogP contribution in [0, 0.1) is 5.82 Å². The van der Waals surface area contributed by atoms with E-state index in [1.807, 2.05) is 6.07 Å². The predicted octanol–water partition coefficient (Wildman–Crippen LogP) is 1.98. The molecule has 1 aliphatic heterocycles. The van der Waals surface area contributed by atoms with Gasteiger partial charge in [-0.1, -0.05) is 12.1 Å². The van der Waals surface area contributed by atoms with Gasteiger partial charge in [-0.2, -0.15) is 0 Å². The number of likely N-dealkylation sites (tertiary alicyclic amines) is 1. The van der Waals surface area contributed by atoms with Crippen molar-refractivity contribution in [1.82, 2.24) is 4.90 Å². The first-order valence-corrected chi connectivity index (χ1v) is 6.52. The molecule has 0 aliphatic carbocycles. The Morgan fingerprint density at radius 1 is 1.44 bits per heavy atom. The molecular formula is C12H16FNOS. The molecule has 1 aliphatic rings. The van der Waals surface area contributed by atoms with Crippen LogP contribution < -0.4 is 0 Å². The Bertz CT molecular complexity index is 348. The molecule has 1 aromatic carbocycles. The van der Waals surface area contributed by atoms with E-state index in [1.165, 1.54) is 17.8 Å². The number of halogens is 1. The number of benzene rings is 1. The number of rotatable bonds is 4. The number of thioether (sulfide) groups is 1. The third-order valence-corrected chi connectivity index (χ3v) is 3.78. The van der Waals surface area contributed by atoms with Crippen molar-refractivity contribution in [2.24, 2.45) is 0 Å². The Kier molecular flexibility index (Phi) is 4.21. The molecule has 1 heterocycles. The maximum absolute atomic E-state index is 13.3. The number of β-amino-alcohol motifs (C(OH)–C–C–N with tert-alkyl or cyclic N) is 1. The van der Waals surface area contributed by atoms with Crippen molar-refractivity contribution < 1.29 is 9.50 Å². The van der Waals surface area contributed by atoms with E-state index in [0.717, 1.165) is 31.8 Å². The Hall–Kier alpha value is -0.580. The number of hydrogen-bond donors (Lipinski definition) is 1. The summed E-state index contributed by atoms with van der Waals surface area (Å²) in [6.07, 6.45) is 0.697. The molecule has 1 aromatic rings. The summed E-state index contributed by atoms with van der Waals surface area (Å²) in [5.41, 5.74) is 0. The summed E-state index contributed by atoms with van der Waals surface area (Å²) >= 11 is 1.54. The lowest BCUT2D eigenvalue weighted by molar-refractivity contribution is 0.178. The van der Waals surface area contributed by atoms with E-state index in [2.05, 4.69) is 4.90 Å². The largest absolute Gasteiger partial charge is 0.392 e. The number of nitrogens with zero attached hydrogens (tertiary/aromatic N) is 1. The first-order valence-electron chi connectivity index (χ1n) is 5.53. The van der Waals surface area contributed by atoms with Crippen LogP contribution in [-0.4, -0.2) is 41.5 Å². The zero-order chi connectivity index (χ0) is 11.4. The zero-order valence-electron chi connectivity index (χ0n) is 9.10. The van der Waals surface area contributed by atoms with Crippen LogP contribution in [0.4, 0.5) is 4.39 Å². The molecule has 88 valence electrons. The fourth-order valence-electron chi connectivity index (χ4n) is 1.86. The van der Waals surface area contributed by atoms with Crippen molar-refractivity contribution in [2.45, 2.75) is 17.4 Å². The van der Waals surface area contributed by atoms with E-state index in [-0.39, 0.29) is 11.9 Å². The van der Waals surface area contributed by atoms with E-state index in [1.54, 1.807) is 12.1 Å². The molecule has 0 amide bonds.